The Bertz CT molecular complexity index is 452. The summed E-state index contributed by atoms with van der Waals surface area (Å²) in [5.41, 5.74) is 0.812. The number of rotatable bonds is 6. The van der Waals surface area contributed by atoms with Crippen LogP contribution in [-0.2, 0) is 6.42 Å². The fourth-order valence-corrected chi connectivity index (χ4v) is 3.02. The first-order valence-electron chi connectivity index (χ1n) is 7.53. The summed E-state index contributed by atoms with van der Waals surface area (Å²) in [7, 11) is 0. The van der Waals surface area contributed by atoms with E-state index in [1.165, 1.54) is 12.1 Å². The molecule has 1 aromatic rings. The standard InChI is InChI=1S/C16H23F2NO2/c17-15-6-5-12(8-16(15)18)3-4-13-2-1-7-19(9-13)14(10-20)11-21/h5-6,8,13-14,20-21H,1-4,7,9-11H2/t13-/m1/s1. The molecular weight excluding hydrogens is 276 g/mol. The van der Waals surface area contributed by atoms with E-state index in [0.717, 1.165) is 44.3 Å². The zero-order valence-electron chi connectivity index (χ0n) is 12.1. The van der Waals surface area contributed by atoms with Crippen molar-refractivity contribution >= 4 is 0 Å². The van der Waals surface area contributed by atoms with Crippen molar-refractivity contribution in [3.05, 3.63) is 35.4 Å². The number of likely N-dealkylation sites (tertiary alicyclic amines) is 1. The van der Waals surface area contributed by atoms with Crippen LogP contribution in [0.15, 0.2) is 18.2 Å². The zero-order valence-corrected chi connectivity index (χ0v) is 12.1. The van der Waals surface area contributed by atoms with Crippen molar-refractivity contribution < 1.29 is 19.0 Å². The number of aliphatic hydroxyl groups excluding tert-OH is 2. The van der Waals surface area contributed by atoms with E-state index < -0.39 is 11.6 Å². The van der Waals surface area contributed by atoms with Gasteiger partial charge in [-0.1, -0.05) is 6.07 Å². The average Bonchev–Trinajstić information content (AvgIpc) is 2.50. The molecule has 1 aliphatic heterocycles. The van der Waals surface area contributed by atoms with Gasteiger partial charge in [-0.25, -0.2) is 8.78 Å². The number of hydrogen-bond donors (Lipinski definition) is 2. The van der Waals surface area contributed by atoms with Gasteiger partial charge in [0.2, 0.25) is 0 Å². The molecular formula is C16H23F2NO2. The first kappa shape index (κ1) is 16.3. The van der Waals surface area contributed by atoms with Crippen molar-refractivity contribution in [2.45, 2.75) is 31.7 Å². The first-order valence-corrected chi connectivity index (χ1v) is 7.53. The summed E-state index contributed by atoms with van der Waals surface area (Å²) in [5, 5.41) is 18.5. The highest BCUT2D eigenvalue weighted by Crippen LogP contribution is 2.23. The Hall–Kier alpha value is -1.04. The summed E-state index contributed by atoms with van der Waals surface area (Å²) in [6.07, 6.45) is 3.77. The Morgan fingerprint density at radius 2 is 1.95 bits per heavy atom. The lowest BCUT2D eigenvalue weighted by atomic mass is 9.91. The summed E-state index contributed by atoms with van der Waals surface area (Å²) >= 11 is 0. The van der Waals surface area contributed by atoms with Crippen LogP contribution in [0.1, 0.15) is 24.8 Å². The van der Waals surface area contributed by atoms with E-state index >= 15 is 0 Å². The maximum Gasteiger partial charge on any atom is 0.159 e. The van der Waals surface area contributed by atoms with Crippen LogP contribution in [0.2, 0.25) is 0 Å². The van der Waals surface area contributed by atoms with Crippen LogP contribution in [0.4, 0.5) is 8.78 Å². The Labute approximate surface area is 124 Å². The maximum atomic E-state index is 13.2. The molecule has 0 amide bonds. The molecule has 2 N–H and O–H groups in total. The summed E-state index contributed by atoms with van der Waals surface area (Å²) in [5.74, 6) is -1.14. The molecule has 1 saturated heterocycles. The molecule has 5 heteroatoms. The molecule has 2 rings (SSSR count). The number of hydrogen-bond acceptors (Lipinski definition) is 3. The minimum atomic E-state index is -0.809. The Balaban J connectivity index is 1.86. The van der Waals surface area contributed by atoms with E-state index in [1.807, 2.05) is 0 Å². The van der Waals surface area contributed by atoms with Gasteiger partial charge in [0.1, 0.15) is 0 Å². The van der Waals surface area contributed by atoms with Gasteiger partial charge in [0.25, 0.3) is 0 Å². The molecule has 0 aromatic heterocycles. The molecule has 0 aliphatic carbocycles. The quantitative estimate of drug-likeness (QED) is 0.844. The van der Waals surface area contributed by atoms with Gasteiger partial charge in [-0.2, -0.15) is 0 Å². The largest absolute Gasteiger partial charge is 0.395 e. The molecule has 0 unspecified atom stereocenters. The lowest BCUT2D eigenvalue weighted by Gasteiger charge is -2.37. The monoisotopic (exact) mass is 299 g/mol. The van der Waals surface area contributed by atoms with E-state index in [1.54, 1.807) is 6.07 Å². The van der Waals surface area contributed by atoms with Gasteiger partial charge in [-0.05, 0) is 55.8 Å². The van der Waals surface area contributed by atoms with Gasteiger partial charge in [0, 0.05) is 6.54 Å². The third-order valence-corrected chi connectivity index (χ3v) is 4.31. The number of piperidine rings is 1. The van der Waals surface area contributed by atoms with Crippen LogP contribution in [0.3, 0.4) is 0 Å². The van der Waals surface area contributed by atoms with Crippen molar-refractivity contribution in [2.75, 3.05) is 26.3 Å². The molecule has 1 aromatic carbocycles. The average molecular weight is 299 g/mol. The van der Waals surface area contributed by atoms with E-state index in [4.69, 9.17) is 0 Å². The van der Waals surface area contributed by atoms with E-state index in [0.29, 0.717) is 5.92 Å². The Morgan fingerprint density at radius 1 is 1.19 bits per heavy atom. The minimum Gasteiger partial charge on any atom is -0.395 e. The fourth-order valence-electron chi connectivity index (χ4n) is 3.02. The summed E-state index contributed by atoms with van der Waals surface area (Å²) in [6, 6.07) is 3.88. The summed E-state index contributed by atoms with van der Waals surface area (Å²) in [6.45, 7) is 1.67. The maximum absolute atomic E-state index is 13.2. The molecule has 1 heterocycles. The molecule has 0 bridgehead atoms. The predicted molar refractivity (Wildman–Crippen MR) is 76.9 cm³/mol. The SMILES string of the molecule is OCC(CO)N1CCC[C@H](CCc2ccc(F)c(F)c2)C1. The smallest absolute Gasteiger partial charge is 0.159 e. The van der Waals surface area contributed by atoms with E-state index in [9.17, 15) is 19.0 Å². The van der Waals surface area contributed by atoms with E-state index in [2.05, 4.69) is 4.90 Å². The minimum absolute atomic E-state index is 0.0353. The van der Waals surface area contributed by atoms with Gasteiger partial charge in [-0.15, -0.1) is 0 Å². The zero-order chi connectivity index (χ0) is 15.2. The highest BCUT2D eigenvalue weighted by molar-refractivity contribution is 5.17. The predicted octanol–water partition coefficient (Wildman–Crippen LogP) is 1.96. The number of halogens is 2. The third-order valence-electron chi connectivity index (χ3n) is 4.31. The number of nitrogens with zero attached hydrogens (tertiary/aromatic N) is 1. The number of aliphatic hydroxyl groups is 2. The van der Waals surface area contributed by atoms with Crippen LogP contribution >= 0.6 is 0 Å². The molecule has 3 nitrogen and oxygen atoms in total. The van der Waals surface area contributed by atoms with Crippen molar-refractivity contribution in [3.63, 3.8) is 0 Å². The van der Waals surface area contributed by atoms with Crippen LogP contribution in [0.5, 0.6) is 0 Å². The number of aryl methyl sites for hydroxylation is 1. The first-order chi connectivity index (χ1) is 10.1. The molecule has 0 spiro atoms. The molecule has 0 saturated carbocycles. The van der Waals surface area contributed by atoms with Crippen molar-refractivity contribution in [1.29, 1.82) is 0 Å². The molecule has 1 aliphatic rings. The highest BCUT2D eigenvalue weighted by atomic mass is 19.2. The van der Waals surface area contributed by atoms with E-state index in [-0.39, 0.29) is 19.3 Å². The van der Waals surface area contributed by atoms with Gasteiger partial charge < -0.3 is 10.2 Å². The van der Waals surface area contributed by atoms with Crippen LogP contribution in [0.25, 0.3) is 0 Å². The van der Waals surface area contributed by atoms with Gasteiger partial charge in [0.05, 0.1) is 19.3 Å². The summed E-state index contributed by atoms with van der Waals surface area (Å²) in [4.78, 5) is 2.12. The molecule has 1 atom stereocenters. The number of benzene rings is 1. The molecule has 118 valence electrons. The van der Waals surface area contributed by atoms with Crippen molar-refractivity contribution in [2.24, 2.45) is 5.92 Å². The normalized spacial score (nSPS) is 20.1. The van der Waals surface area contributed by atoms with Crippen LogP contribution < -0.4 is 0 Å². The Kier molecular flexibility index (Phi) is 6.08. The second-order valence-electron chi connectivity index (χ2n) is 5.81. The topological polar surface area (TPSA) is 43.7 Å². The van der Waals surface area contributed by atoms with Gasteiger partial charge in [-0.3, -0.25) is 4.90 Å². The summed E-state index contributed by atoms with van der Waals surface area (Å²) < 4.78 is 26.0. The second-order valence-corrected chi connectivity index (χ2v) is 5.81. The molecule has 0 radical (unpaired) electrons. The van der Waals surface area contributed by atoms with Gasteiger partial charge in [0.15, 0.2) is 11.6 Å². The highest BCUT2D eigenvalue weighted by Gasteiger charge is 2.24. The van der Waals surface area contributed by atoms with Gasteiger partial charge >= 0.3 is 0 Å². The lowest BCUT2D eigenvalue weighted by Crippen LogP contribution is -2.46. The van der Waals surface area contributed by atoms with Crippen LogP contribution in [0, 0.1) is 17.6 Å². The molecule has 1 fully saturated rings. The lowest BCUT2D eigenvalue weighted by molar-refractivity contribution is 0.0427. The van der Waals surface area contributed by atoms with Crippen LogP contribution in [-0.4, -0.2) is 47.5 Å². The second kappa shape index (κ2) is 7.82. The van der Waals surface area contributed by atoms with Crippen molar-refractivity contribution in [3.8, 4) is 0 Å². The Morgan fingerprint density at radius 3 is 2.62 bits per heavy atom. The molecule has 21 heavy (non-hydrogen) atoms. The third kappa shape index (κ3) is 4.46. The van der Waals surface area contributed by atoms with Crippen molar-refractivity contribution in [1.82, 2.24) is 4.90 Å². The fraction of sp³-hybridized carbons (Fsp3) is 0.625.